The van der Waals surface area contributed by atoms with E-state index >= 15 is 0 Å². The van der Waals surface area contributed by atoms with Crippen molar-refractivity contribution in [2.45, 2.75) is 63.9 Å². The van der Waals surface area contributed by atoms with Crippen LogP contribution in [0.5, 0.6) is 0 Å². The number of carboxylic acids is 1. The summed E-state index contributed by atoms with van der Waals surface area (Å²) < 4.78 is 0. The van der Waals surface area contributed by atoms with E-state index < -0.39 is 24.3 Å². The molecule has 5 N–H and O–H groups in total. The normalized spacial score (nSPS) is 25.7. The fraction of sp³-hybridized carbons (Fsp3) is 0.632. The fourth-order valence-electron chi connectivity index (χ4n) is 4.30. The standard InChI is InChI=1S/C19H28N4O4/c1-11(13-5-3-2-4-6-13)22-19(27)23-16(18(25)26)14(17(23)24)9-12-7-8-21-15(20)10-12/h7-8,10-11,13-14,16,19,22,27H,2-6,9H2,1H3,(H2,20,21)(H,25,26)/t11-,14-,16?,19?/m1/s1. The minimum absolute atomic E-state index is 0.0154. The predicted molar refractivity (Wildman–Crippen MR) is 99.3 cm³/mol. The van der Waals surface area contributed by atoms with Crippen molar-refractivity contribution in [2.75, 3.05) is 5.73 Å². The van der Waals surface area contributed by atoms with Gasteiger partial charge in [-0.25, -0.2) is 9.78 Å². The Balaban J connectivity index is 1.64. The average molecular weight is 376 g/mol. The van der Waals surface area contributed by atoms with Gasteiger partial charge in [0.1, 0.15) is 11.9 Å². The molecule has 2 fully saturated rings. The fourth-order valence-corrected chi connectivity index (χ4v) is 4.30. The second-order valence-corrected chi connectivity index (χ2v) is 7.66. The number of likely N-dealkylation sites (tertiary alicyclic amines) is 1. The molecular weight excluding hydrogens is 348 g/mol. The van der Waals surface area contributed by atoms with Gasteiger partial charge in [0.05, 0.1) is 5.92 Å². The number of carbonyl (C=O) groups is 2. The van der Waals surface area contributed by atoms with E-state index in [4.69, 9.17) is 5.73 Å². The Morgan fingerprint density at radius 1 is 1.41 bits per heavy atom. The maximum Gasteiger partial charge on any atom is 0.327 e. The number of aliphatic carboxylic acids is 1. The van der Waals surface area contributed by atoms with Gasteiger partial charge in [0, 0.05) is 12.2 Å². The highest BCUT2D eigenvalue weighted by molar-refractivity contribution is 5.96. The molecule has 8 nitrogen and oxygen atoms in total. The zero-order valence-electron chi connectivity index (χ0n) is 15.5. The quantitative estimate of drug-likeness (QED) is 0.412. The van der Waals surface area contributed by atoms with E-state index in [9.17, 15) is 19.8 Å². The van der Waals surface area contributed by atoms with Crippen LogP contribution < -0.4 is 11.1 Å². The Kier molecular flexibility index (Phi) is 5.96. The van der Waals surface area contributed by atoms with Crippen LogP contribution in [0.15, 0.2) is 18.3 Å². The highest BCUT2D eigenvalue weighted by Crippen LogP contribution is 2.32. The van der Waals surface area contributed by atoms with Crippen LogP contribution in [0, 0.1) is 11.8 Å². The van der Waals surface area contributed by atoms with Gasteiger partial charge in [0.15, 0.2) is 6.35 Å². The first-order valence-corrected chi connectivity index (χ1v) is 9.58. The highest BCUT2D eigenvalue weighted by atomic mass is 16.4. The SMILES string of the molecule is C[C@@H](NC(O)N1C(=O)[C@H](Cc2ccnc(N)c2)C1C(=O)O)C1CCCCC1. The molecule has 0 bridgehead atoms. The van der Waals surface area contributed by atoms with E-state index in [0.29, 0.717) is 11.7 Å². The van der Waals surface area contributed by atoms with Gasteiger partial charge >= 0.3 is 5.97 Å². The molecule has 0 aromatic carbocycles. The number of anilines is 1. The van der Waals surface area contributed by atoms with Gasteiger partial charge < -0.3 is 15.9 Å². The van der Waals surface area contributed by atoms with E-state index in [2.05, 4.69) is 10.3 Å². The van der Waals surface area contributed by atoms with E-state index in [1.54, 1.807) is 12.1 Å². The summed E-state index contributed by atoms with van der Waals surface area (Å²) in [4.78, 5) is 29.2. The lowest BCUT2D eigenvalue weighted by Crippen LogP contribution is -2.71. The van der Waals surface area contributed by atoms with Crippen molar-refractivity contribution in [2.24, 2.45) is 11.8 Å². The van der Waals surface area contributed by atoms with Gasteiger partial charge in [0.25, 0.3) is 0 Å². The Hall–Kier alpha value is -2.19. The monoisotopic (exact) mass is 376 g/mol. The Morgan fingerprint density at radius 2 is 2.11 bits per heavy atom. The number of nitrogen functional groups attached to an aromatic ring is 1. The van der Waals surface area contributed by atoms with Crippen LogP contribution in [0.1, 0.15) is 44.6 Å². The molecular formula is C19H28N4O4. The Labute approximate surface area is 158 Å². The number of nitrogens with two attached hydrogens (primary N) is 1. The summed E-state index contributed by atoms with van der Waals surface area (Å²) in [6, 6.07) is 2.30. The molecule has 0 spiro atoms. The van der Waals surface area contributed by atoms with Crippen molar-refractivity contribution >= 4 is 17.7 Å². The minimum atomic E-state index is -1.30. The van der Waals surface area contributed by atoms with Crippen LogP contribution in [0.3, 0.4) is 0 Å². The summed E-state index contributed by atoms with van der Waals surface area (Å²) in [5.41, 5.74) is 6.41. The second kappa shape index (κ2) is 8.22. The van der Waals surface area contributed by atoms with Crippen LogP contribution in [0.2, 0.25) is 0 Å². The average Bonchev–Trinajstić information content (AvgIpc) is 2.64. The van der Waals surface area contributed by atoms with Gasteiger partial charge in [-0.1, -0.05) is 19.3 Å². The van der Waals surface area contributed by atoms with Crippen molar-refractivity contribution < 1.29 is 19.8 Å². The lowest BCUT2D eigenvalue weighted by molar-refractivity contribution is -0.191. The number of pyridine rings is 1. The molecule has 4 atom stereocenters. The number of hydrogen-bond donors (Lipinski definition) is 4. The summed E-state index contributed by atoms with van der Waals surface area (Å²) in [7, 11) is 0. The molecule has 27 heavy (non-hydrogen) atoms. The van der Waals surface area contributed by atoms with Gasteiger partial charge in [-0.05, 0) is 49.8 Å². The lowest BCUT2D eigenvalue weighted by atomic mass is 9.82. The van der Waals surface area contributed by atoms with Crippen molar-refractivity contribution in [1.82, 2.24) is 15.2 Å². The summed E-state index contributed by atoms with van der Waals surface area (Å²) in [6.45, 7) is 1.98. The van der Waals surface area contributed by atoms with E-state index in [1.807, 2.05) is 6.92 Å². The molecule has 1 saturated heterocycles. The van der Waals surface area contributed by atoms with Gasteiger partial charge in [-0.15, -0.1) is 0 Å². The molecule has 148 valence electrons. The molecule has 1 saturated carbocycles. The minimum Gasteiger partial charge on any atom is -0.480 e. The summed E-state index contributed by atoms with van der Waals surface area (Å²) in [5.74, 6) is -1.44. The zero-order chi connectivity index (χ0) is 19.6. The molecule has 3 rings (SSSR count). The van der Waals surface area contributed by atoms with E-state index in [1.165, 1.54) is 25.5 Å². The predicted octanol–water partition coefficient (Wildman–Crippen LogP) is 0.952. The third-order valence-corrected chi connectivity index (χ3v) is 5.84. The third-order valence-electron chi connectivity index (χ3n) is 5.84. The zero-order valence-corrected chi connectivity index (χ0v) is 15.5. The molecule has 1 aromatic rings. The maximum absolute atomic E-state index is 12.6. The largest absolute Gasteiger partial charge is 0.480 e. The van der Waals surface area contributed by atoms with Crippen LogP contribution in [-0.4, -0.2) is 50.4 Å². The molecule has 2 heterocycles. The number of carbonyl (C=O) groups excluding carboxylic acids is 1. The van der Waals surface area contributed by atoms with Gasteiger partial charge in [0.2, 0.25) is 5.91 Å². The number of nitrogens with zero attached hydrogens (tertiary/aromatic N) is 2. The Morgan fingerprint density at radius 3 is 2.74 bits per heavy atom. The highest BCUT2D eigenvalue weighted by Gasteiger charge is 2.54. The van der Waals surface area contributed by atoms with Crippen LogP contribution >= 0.6 is 0 Å². The number of carboxylic acid groups (broad SMARTS) is 1. The smallest absolute Gasteiger partial charge is 0.327 e. The summed E-state index contributed by atoms with van der Waals surface area (Å²) >= 11 is 0. The summed E-state index contributed by atoms with van der Waals surface area (Å²) in [6.07, 6.45) is 6.24. The number of aliphatic hydroxyl groups is 1. The van der Waals surface area contributed by atoms with Crippen LogP contribution in [-0.2, 0) is 16.0 Å². The first-order valence-electron chi connectivity index (χ1n) is 9.58. The Bertz CT molecular complexity index is 692. The molecule has 1 amide bonds. The van der Waals surface area contributed by atoms with Crippen molar-refractivity contribution in [3.63, 3.8) is 0 Å². The number of nitrogens with one attached hydrogen (secondary N) is 1. The van der Waals surface area contributed by atoms with Crippen molar-refractivity contribution in [3.05, 3.63) is 23.9 Å². The van der Waals surface area contributed by atoms with Crippen LogP contribution in [0.4, 0.5) is 5.82 Å². The lowest BCUT2D eigenvalue weighted by Gasteiger charge is -2.48. The van der Waals surface area contributed by atoms with Crippen LogP contribution in [0.25, 0.3) is 0 Å². The molecule has 8 heteroatoms. The molecule has 0 radical (unpaired) electrons. The number of amides is 1. The molecule has 1 aliphatic heterocycles. The number of β-lactam (4-membered cyclic amide) rings is 1. The molecule has 2 unspecified atom stereocenters. The number of aromatic nitrogens is 1. The van der Waals surface area contributed by atoms with Crippen molar-refractivity contribution in [1.29, 1.82) is 0 Å². The van der Waals surface area contributed by atoms with E-state index in [-0.39, 0.29) is 18.4 Å². The van der Waals surface area contributed by atoms with E-state index in [0.717, 1.165) is 23.3 Å². The molecule has 1 aromatic heterocycles. The molecule has 2 aliphatic rings. The number of aliphatic hydroxyl groups excluding tert-OH is 1. The maximum atomic E-state index is 12.6. The molecule has 1 aliphatic carbocycles. The number of hydrogen-bond acceptors (Lipinski definition) is 6. The second-order valence-electron chi connectivity index (χ2n) is 7.66. The number of rotatable bonds is 7. The third kappa shape index (κ3) is 4.22. The summed E-state index contributed by atoms with van der Waals surface area (Å²) in [5, 5.41) is 23.1. The first kappa shape index (κ1) is 19.6. The van der Waals surface area contributed by atoms with Crippen molar-refractivity contribution in [3.8, 4) is 0 Å². The first-order chi connectivity index (χ1) is 12.9. The van der Waals surface area contributed by atoms with Gasteiger partial charge in [-0.2, -0.15) is 0 Å². The topological polar surface area (TPSA) is 129 Å². The van der Waals surface area contributed by atoms with Gasteiger partial charge in [-0.3, -0.25) is 15.0 Å².